The highest BCUT2D eigenvalue weighted by Crippen LogP contribution is 2.18. The largest absolute Gasteiger partial charge is 0.366 e. The van der Waals surface area contributed by atoms with Crippen molar-refractivity contribution in [2.24, 2.45) is 5.73 Å². The first kappa shape index (κ1) is 11.3. The minimum atomic E-state index is 0.353. The maximum atomic E-state index is 5.95. The van der Waals surface area contributed by atoms with E-state index >= 15 is 0 Å². The Morgan fingerprint density at radius 3 is 3.07 bits per heavy atom. The molecular formula is C10H16ClN3. The molecule has 3 nitrogen and oxygen atoms in total. The number of aromatic nitrogens is 1. The summed E-state index contributed by atoms with van der Waals surface area (Å²) < 4.78 is 0. The van der Waals surface area contributed by atoms with E-state index in [1.807, 2.05) is 12.1 Å². The maximum absolute atomic E-state index is 5.95. The Morgan fingerprint density at radius 2 is 2.43 bits per heavy atom. The summed E-state index contributed by atoms with van der Waals surface area (Å²) in [4.78, 5) is 4.15. The third kappa shape index (κ3) is 3.52. The predicted molar refractivity (Wildman–Crippen MR) is 60.6 cm³/mol. The SMILES string of the molecule is CC(CCCN)Nc1ncccc1Cl. The fraction of sp³-hybridized carbons (Fsp3) is 0.500. The van der Waals surface area contributed by atoms with Crippen molar-refractivity contribution in [1.82, 2.24) is 4.98 Å². The maximum Gasteiger partial charge on any atom is 0.144 e. The number of pyridine rings is 1. The van der Waals surface area contributed by atoms with Gasteiger partial charge in [0, 0.05) is 12.2 Å². The monoisotopic (exact) mass is 213 g/mol. The highest BCUT2D eigenvalue weighted by molar-refractivity contribution is 6.32. The fourth-order valence-corrected chi connectivity index (χ4v) is 1.40. The molecule has 0 bridgehead atoms. The Labute approximate surface area is 89.7 Å². The van der Waals surface area contributed by atoms with E-state index in [1.165, 1.54) is 0 Å². The quantitative estimate of drug-likeness (QED) is 0.789. The van der Waals surface area contributed by atoms with Crippen LogP contribution in [0, 0.1) is 0 Å². The van der Waals surface area contributed by atoms with Crippen LogP contribution >= 0.6 is 11.6 Å². The molecule has 4 heteroatoms. The normalized spacial score (nSPS) is 12.5. The summed E-state index contributed by atoms with van der Waals surface area (Å²) in [6, 6.07) is 4.00. The smallest absolute Gasteiger partial charge is 0.144 e. The van der Waals surface area contributed by atoms with Crippen molar-refractivity contribution in [1.29, 1.82) is 0 Å². The number of rotatable bonds is 5. The Kier molecular flexibility index (Phi) is 4.70. The summed E-state index contributed by atoms with van der Waals surface area (Å²) in [5.41, 5.74) is 5.43. The molecule has 78 valence electrons. The molecule has 0 amide bonds. The van der Waals surface area contributed by atoms with Crippen LogP contribution in [-0.4, -0.2) is 17.6 Å². The molecule has 1 atom stereocenters. The van der Waals surface area contributed by atoms with Crippen LogP contribution in [0.5, 0.6) is 0 Å². The van der Waals surface area contributed by atoms with E-state index in [0.717, 1.165) is 25.2 Å². The molecule has 0 saturated heterocycles. The predicted octanol–water partition coefficient (Wildman–Crippen LogP) is 2.27. The number of anilines is 1. The summed E-state index contributed by atoms with van der Waals surface area (Å²) in [5.74, 6) is 0.749. The molecule has 14 heavy (non-hydrogen) atoms. The molecule has 0 aliphatic carbocycles. The van der Waals surface area contributed by atoms with Crippen molar-refractivity contribution in [2.45, 2.75) is 25.8 Å². The third-order valence-corrected chi connectivity index (χ3v) is 2.29. The third-order valence-electron chi connectivity index (χ3n) is 1.98. The van der Waals surface area contributed by atoms with Crippen LogP contribution < -0.4 is 11.1 Å². The number of hydrogen-bond acceptors (Lipinski definition) is 3. The minimum absolute atomic E-state index is 0.353. The zero-order valence-electron chi connectivity index (χ0n) is 8.33. The van der Waals surface area contributed by atoms with Crippen LogP contribution in [0.1, 0.15) is 19.8 Å². The lowest BCUT2D eigenvalue weighted by atomic mass is 10.2. The Bertz CT molecular complexity index is 278. The average molecular weight is 214 g/mol. The molecule has 1 rings (SSSR count). The van der Waals surface area contributed by atoms with E-state index in [2.05, 4.69) is 17.2 Å². The molecule has 0 spiro atoms. The van der Waals surface area contributed by atoms with Crippen LogP contribution in [0.4, 0.5) is 5.82 Å². The van der Waals surface area contributed by atoms with Crippen molar-refractivity contribution in [3.05, 3.63) is 23.4 Å². The Morgan fingerprint density at radius 1 is 1.64 bits per heavy atom. The second-order valence-corrected chi connectivity index (χ2v) is 3.72. The van der Waals surface area contributed by atoms with Gasteiger partial charge in [-0.2, -0.15) is 0 Å². The van der Waals surface area contributed by atoms with Crippen molar-refractivity contribution >= 4 is 17.4 Å². The van der Waals surface area contributed by atoms with Gasteiger partial charge in [-0.1, -0.05) is 11.6 Å². The van der Waals surface area contributed by atoms with Gasteiger partial charge in [-0.05, 0) is 38.4 Å². The van der Waals surface area contributed by atoms with Crippen molar-refractivity contribution in [2.75, 3.05) is 11.9 Å². The van der Waals surface area contributed by atoms with Gasteiger partial charge in [0.2, 0.25) is 0 Å². The number of hydrogen-bond donors (Lipinski definition) is 2. The average Bonchev–Trinajstić information content (AvgIpc) is 2.18. The number of halogens is 1. The second kappa shape index (κ2) is 5.83. The molecule has 0 aliphatic heterocycles. The summed E-state index contributed by atoms with van der Waals surface area (Å²) in [6.45, 7) is 2.82. The van der Waals surface area contributed by atoms with E-state index in [-0.39, 0.29) is 0 Å². The molecule has 0 saturated carbocycles. The Hall–Kier alpha value is -0.800. The molecule has 0 aliphatic rings. The van der Waals surface area contributed by atoms with E-state index in [9.17, 15) is 0 Å². The van der Waals surface area contributed by atoms with Gasteiger partial charge in [0.1, 0.15) is 5.82 Å². The summed E-state index contributed by atoms with van der Waals surface area (Å²) in [5, 5.41) is 3.91. The molecule has 0 fully saturated rings. The van der Waals surface area contributed by atoms with Crippen LogP contribution in [0.3, 0.4) is 0 Å². The van der Waals surface area contributed by atoms with E-state index in [0.29, 0.717) is 11.1 Å². The summed E-state index contributed by atoms with van der Waals surface area (Å²) in [6.07, 6.45) is 3.77. The molecule has 0 radical (unpaired) electrons. The minimum Gasteiger partial charge on any atom is -0.366 e. The molecular weight excluding hydrogens is 198 g/mol. The van der Waals surface area contributed by atoms with Crippen LogP contribution in [0.25, 0.3) is 0 Å². The summed E-state index contributed by atoms with van der Waals surface area (Å²) >= 11 is 5.95. The van der Waals surface area contributed by atoms with Gasteiger partial charge >= 0.3 is 0 Å². The lowest BCUT2D eigenvalue weighted by Gasteiger charge is -2.14. The molecule has 1 heterocycles. The van der Waals surface area contributed by atoms with Crippen LogP contribution in [-0.2, 0) is 0 Å². The lowest BCUT2D eigenvalue weighted by molar-refractivity contribution is 0.661. The van der Waals surface area contributed by atoms with Crippen molar-refractivity contribution in [3.63, 3.8) is 0 Å². The number of nitrogens with zero attached hydrogens (tertiary/aromatic N) is 1. The zero-order valence-corrected chi connectivity index (χ0v) is 9.09. The van der Waals surface area contributed by atoms with Gasteiger partial charge < -0.3 is 11.1 Å². The van der Waals surface area contributed by atoms with Crippen molar-refractivity contribution < 1.29 is 0 Å². The van der Waals surface area contributed by atoms with Crippen LogP contribution in [0.15, 0.2) is 18.3 Å². The summed E-state index contributed by atoms with van der Waals surface area (Å²) in [7, 11) is 0. The zero-order chi connectivity index (χ0) is 10.4. The molecule has 1 unspecified atom stereocenters. The topological polar surface area (TPSA) is 50.9 Å². The van der Waals surface area contributed by atoms with E-state index < -0.39 is 0 Å². The molecule has 1 aromatic heterocycles. The second-order valence-electron chi connectivity index (χ2n) is 3.31. The van der Waals surface area contributed by atoms with Crippen molar-refractivity contribution in [3.8, 4) is 0 Å². The van der Waals surface area contributed by atoms with Gasteiger partial charge in [0.25, 0.3) is 0 Å². The van der Waals surface area contributed by atoms with Gasteiger partial charge in [-0.25, -0.2) is 4.98 Å². The molecule has 1 aromatic rings. The highest BCUT2D eigenvalue weighted by atomic mass is 35.5. The van der Waals surface area contributed by atoms with Gasteiger partial charge in [-0.15, -0.1) is 0 Å². The number of nitrogens with one attached hydrogen (secondary N) is 1. The first-order valence-electron chi connectivity index (χ1n) is 4.81. The fourth-order valence-electron chi connectivity index (χ4n) is 1.22. The highest BCUT2D eigenvalue weighted by Gasteiger charge is 2.04. The molecule has 0 aromatic carbocycles. The molecule has 3 N–H and O–H groups in total. The van der Waals surface area contributed by atoms with Gasteiger partial charge in [0.15, 0.2) is 0 Å². The standard InChI is InChI=1S/C10H16ClN3/c1-8(4-2-6-12)14-10-9(11)5-3-7-13-10/h3,5,7-8H,2,4,6,12H2,1H3,(H,13,14). The van der Waals surface area contributed by atoms with Crippen LogP contribution in [0.2, 0.25) is 5.02 Å². The first-order chi connectivity index (χ1) is 6.74. The lowest BCUT2D eigenvalue weighted by Crippen LogP contribution is -2.17. The van der Waals surface area contributed by atoms with E-state index in [4.69, 9.17) is 17.3 Å². The van der Waals surface area contributed by atoms with Gasteiger partial charge in [-0.3, -0.25) is 0 Å². The van der Waals surface area contributed by atoms with E-state index in [1.54, 1.807) is 6.20 Å². The van der Waals surface area contributed by atoms with Gasteiger partial charge in [0.05, 0.1) is 5.02 Å². The Balaban J connectivity index is 2.47. The number of nitrogens with two attached hydrogens (primary N) is 1. The first-order valence-corrected chi connectivity index (χ1v) is 5.19.